The Bertz CT molecular complexity index is 1740. The quantitative estimate of drug-likeness (QED) is 0.0932. The minimum Gasteiger partial charge on any atom is -0.463 e. The van der Waals surface area contributed by atoms with E-state index in [9.17, 15) is 47.9 Å². The van der Waals surface area contributed by atoms with Crippen LogP contribution < -0.4 is 10.6 Å². The number of amides is 2. The third-order valence-electron chi connectivity index (χ3n) is 8.62. The van der Waals surface area contributed by atoms with E-state index in [1.165, 1.54) is 24.3 Å². The number of rotatable bonds is 20. The number of esters is 8. The lowest BCUT2D eigenvalue weighted by molar-refractivity contribution is -0.307. The van der Waals surface area contributed by atoms with Crippen molar-refractivity contribution in [3.63, 3.8) is 0 Å². The van der Waals surface area contributed by atoms with E-state index in [0.717, 1.165) is 55.4 Å². The van der Waals surface area contributed by atoms with Gasteiger partial charge >= 0.3 is 47.8 Å². The van der Waals surface area contributed by atoms with E-state index < -0.39 is 134 Å². The number of benzene rings is 1. The predicted molar refractivity (Wildman–Crippen MR) is 207 cm³/mol. The molecule has 2 aliphatic rings. The standard InChI is InChI=1S/C40H52N2O22/c1-19(43)55-17-29-31(57-21(3)45)33(59-23(5)47)35(61-25(7)49)39(63-29)53-14-12-41-37(51)27-10-9-11-28(16-27)38(52)42-13-15-54-40-36(62-26(8)50)34(60-24(6)48)32(58-22(4)46)30(64-40)18-56-20(2)44/h9-11,16,29-36,39-40H,12-15,17-18H2,1-8H3,(H,41,51)(H,42,52)/t29-,30-,31-,32-,33+,34+,35-,36-,39-,40-/m1/s1. The van der Waals surface area contributed by atoms with Crippen LogP contribution in [-0.2, 0) is 95.2 Å². The molecule has 3 rings (SSSR count). The number of ether oxygens (including phenoxy) is 12. The fourth-order valence-electron chi connectivity index (χ4n) is 6.33. The highest BCUT2D eigenvalue weighted by molar-refractivity contribution is 5.99. The number of hydrogen-bond donors (Lipinski definition) is 2. The molecule has 0 unspecified atom stereocenters. The fraction of sp³-hybridized carbons (Fsp3) is 0.600. The Labute approximate surface area is 366 Å². The Hall–Kier alpha value is -6.24. The van der Waals surface area contributed by atoms with Gasteiger partial charge in [0.05, 0.1) is 13.2 Å². The van der Waals surface area contributed by atoms with Gasteiger partial charge in [-0.2, -0.15) is 0 Å². The Morgan fingerprint density at radius 2 is 0.766 bits per heavy atom. The van der Waals surface area contributed by atoms with Crippen LogP contribution in [-0.4, -0.2) is 160 Å². The summed E-state index contributed by atoms with van der Waals surface area (Å²) in [6.45, 7) is 6.89. The molecule has 0 aliphatic carbocycles. The summed E-state index contributed by atoms with van der Waals surface area (Å²) in [6.07, 6.45) is -14.0. The lowest BCUT2D eigenvalue weighted by Crippen LogP contribution is -2.63. The van der Waals surface area contributed by atoms with Gasteiger partial charge in [-0.3, -0.25) is 47.9 Å². The van der Waals surface area contributed by atoms with Crippen LogP contribution in [0, 0.1) is 0 Å². The Morgan fingerprint density at radius 3 is 1.08 bits per heavy atom. The first-order chi connectivity index (χ1) is 30.2. The van der Waals surface area contributed by atoms with Crippen molar-refractivity contribution in [2.24, 2.45) is 0 Å². The summed E-state index contributed by atoms with van der Waals surface area (Å²) in [7, 11) is 0. The summed E-state index contributed by atoms with van der Waals surface area (Å²) < 4.78 is 65.5. The Morgan fingerprint density at radius 1 is 0.453 bits per heavy atom. The molecule has 354 valence electrons. The molecule has 0 radical (unpaired) electrons. The maximum atomic E-state index is 13.1. The zero-order valence-electron chi connectivity index (χ0n) is 36.3. The molecule has 1 aromatic carbocycles. The van der Waals surface area contributed by atoms with Crippen LogP contribution in [0.5, 0.6) is 0 Å². The third kappa shape index (κ3) is 16.8. The molecule has 2 N–H and O–H groups in total. The van der Waals surface area contributed by atoms with Gasteiger partial charge in [0, 0.05) is 79.6 Å². The Kier molecular flexibility index (Phi) is 20.5. The number of carbonyl (C=O) groups excluding carboxylic acids is 10. The minimum atomic E-state index is -1.47. The molecule has 10 atom stereocenters. The molecule has 0 bridgehead atoms. The zero-order valence-corrected chi connectivity index (χ0v) is 36.3. The van der Waals surface area contributed by atoms with Crippen molar-refractivity contribution in [3.05, 3.63) is 35.4 Å². The SMILES string of the molecule is CC(=O)OC[C@H]1O[C@@H](OCCNC(=O)c2cccc(C(=O)NCCO[C@@H]3O[C@H](COC(C)=O)[C@@H](OC(C)=O)[C@H](OC(C)=O)[C@H]3OC(C)=O)c2)[C@H](OC(C)=O)[C@@H](OC(C)=O)[C@@H]1OC(C)=O. The van der Waals surface area contributed by atoms with Gasteiger partial charge in [-0.05, 0) is 18.2 Å². The van der Waals surface area contributed by atoms with E-state index in [2.05, 4.69) is 10.6 Å². The Balaban J connectivity index is 1.65. The van der Waals surface area contributed by atoms with Crippen molar-refractivity contribution in [3.8, 4) is 0 Å². The second-order valence-corrected chi connectivity index (χ2v) is 14.0. The van der Waals surface area contributed by atoms with Crippen molar-refractivity contribution in [1.82, 2.24) is 10.6 Å². The van der Waals surface area contributed by atoms with E-state index in [-0.39, 0.29) is 37.4 Å². The molecule has 24 heteroatoms. The predicted octanol–water partition coefficient (Wildman–Crippen LogP) is -0.654. The maximum Gasteiger partial charge on any atom is 0.303 e. The molecule has 2 aliphatic heterocycles. The van der Waals surface area contributed by atoms with Crippen LogP contribution in [0.25, 0.3) is 0 Å². The molecule has 2 saturated heterocycles. The molecule has 64 heavy (non-hydrogen) atoms. The van der Waals surface area contributed by atoms with Crippen molar-refractivity contribution >= 4 is 59.6 Å². The van der Waals surface area contributed by atoms with Gasteiger partial charge in [-0.15, -0.1) is 0 Å². The average molecular weight is 913 g/mol. The first kappa shape index (κ1) is 52.1. The highest BCUT2D eigenvalue weighted by Gasteiger charge is 2.54. The van der Waals surface area contributed by atoms with Gasteiger partial charge in [-0.1, -0.05) is 6.07 Å². The monoisotopic (exact) mass is 912 g/mol. The molecular weight excluding hydrogens is 860 g/mol. The topological polar surface area (TPSA) is 306 Å². The molecule has 0 saturated carbocycles. The smallest absolute Gasteiger partial charge is 0.303 e. The lowest BCUT2D eigenvalue weighted by Gasteiger charge is -2.44. The number of hydrogen-bond acceptors (Lipinski definition) is 22. The zero-order chi connectivity index (χ0) is 47.7. The van der Waals surface area contributed by atoms with Crippen LogP contribution in [0.3, 0.4) is 0 Å². The fourth-order valence-corrected chi connectivity index (χ4v) is 6.33. The van der Waals surface area contributed by atoms with Crippen molar-refractivity contribution in [1.29, 1.82) is 0 Å². The summed E-state index contributed by atoms with van der Waals surface area (Å²) >= 11 is 0. The van der Waals surface area contributed by atoms with Crippen molar-refractivity contribution < 1.29 is 105 Å². The van der Waals surface area contributed by atoms with Gasteiger partial charge in [0.2, 0.25) is 0 Å². The second-order valence-electron chi connectivity index (χ2n) is 14.0. The molecule has 2 fully saturated rings. The molecule has 2 amide bonds. The van der Waals surface area contributed by atoms with Gasteiger partial charge in [0.1, 0.15) is 25.4 Å². The second kappa shape index (κ2) is 25.2. The normalized spacial score (nSPS) is 24.9. The maximum absolute atomic E-state index is 13.1. The van der Waals surface area contributed by atoms with Crippen molar-refractivity contribution in [2.75, 3.05) is 39.5 Å². The van der Waals surface area contributed by atoms with Gasteiger partial charge in [0.25, 0.3) is 11.8 Å². The summed E-state index contributed by atoms with van der Waals surface area (Å²) in [6, 6.07) is 5.61. The highest BCUT2D eigenvalue weighted by atomic mass is 16.7. The van der Waals surface area contributed by atoms with Crippen LogP contribution in [0.2, 0.25) is 0 Å². The van der Waals surface area contributed by atoms with Gasteiger partial charge < -0.3 is 67.5 Å². The summed E-state index contributed by atoms with van der Waals surface area (Å²) in [5.74, 6) is -7.58. The first-order valence-corrected chi connectivity index (χ1v) is 19.7. The minimum absolute atomic E-state index is 0.0636. The molecule has 0 aromatic heterocycles. The molecule has 24 nitrogen and oxygen atoms in total. The van der Waals surface area contributed by atoms with E-state index >= 15 is 0 Å². The van der Waals surface area contributed by atoms with E-state index in [4.69, 9.17) is 56.8 Å². The van der Waals surface area contributed by atoms with Gasteiger partial charge in [-0.25, -0.2) is 0 Å². The number of nitrogens with one attached hydrogen (secondary N) is 2. The summed E-state index contributed by atoms with van der Waals surface area (Å²) in [4.78, 5) is 122. The van der Waals surface area contributed by atoms with Gasteiger partial charge in [0.15, 0.2) is 49.2 Å². The lowest BCUT2D eigenvalue weighted by atomic mass is 9.98. The van der Waals surface area contributed by atoms with Crippen LogP contribution >= 0.6 is 0 Å². The van der Waals surface area contributed by atoms with Crippen LogP contribution in [0.1, 0.15) is 76.1 Å². The molecule has 2 heterocycles. The molecule has 1 aromatic rings. The van der Waals surface area contributed by atoms with Crippen LogP contribution in [0.4, 0.5) is 0 Å². The summed E-state index contributed by atoms with van der Waals surface area (Å²) in [5, 5.41) is 5.21. The van der Waals surface area contributed by atoms with Crippen molar-refractivity contribution in [2.45, 2.75) is 117 Å². The molecular formula is C40H52N2O22. The van der Waals surface area contributed by atoms with Crippen LogP contribution in [0.15, 0.2) is 24.3 Å². The van der Waals surface area contributed by atoms with E-state index in [0.29, 0.717) is 0 Å². The largest absolute Gasteiger partial charge is 0.463 e. The van der Waals surface area contributed by atoms with E-state index in [1.54, 1.807) is 0 Å². The highest BCUT2D eigenvalue weighted by Crippen LogP contribution is 2.31. The first-order valence-electron chi connectivity index (χ1n) is 19.7. The summed E-state index contributed by atoms with van der Waals surface area (Å²) in [5.41, 5.74) is 0.127. The number of carbonyl (C=O) groups is 10. The average Bonchev–Trinajstić information content (AvgIpc) is 3.19. The van der Waals surface area contributed by atoms with E-state index in [1.807, 2.05) is 0 Å². The third-order valence-corrected chi connectivity index (χ3v) is 8.62. The molecule has 0 spiro atoms.